The highest BCUT2D eigenvalue weighted by Gasteiger charge is 2.26. The van der Waals surface area contributed by atoms with Gasteiger partial charge in [-0.05, 0) is 33.0 Å². The Labute approximate surface area is 82.5 Å². The van der Waals surface area contributed by atoms with Crippen molar-refractivity contribution in [3.63, 3.8) is 0 Å². The van der Waals surface area contributed by atoms with Crippen LogP contribution in [0.25, 0.3) is 0 Å². The van der Waals surface area contributed by atoms with Crippen LogP contribution in [0.3, 0.4) is 0 Å². The molecule has 84 valence electrons. The van der Waals surface area contributed by atoms with Gasteiger partial charge in [0.05, 0.1) is 0 Å². The average molecular weight is 210 g/mol. The Morgan fingerprint density at radius 2 is 2.14 bits per heavy atom. The molecule has 14 heavy (non-hydrogen) atoms. The van der Waals surface area contributed by atoms with Crippen LogP contribution in [0, 0.1) is 0 Å². The molecule has 0 aliphatic carbocycles. The Balaban J connectivity index is 1.99. The number of nitrogens with one attached hydrogen (secondary N) is 1. The van der Waals surface area contributed by atoms with E-state index in [1.165, 1.54) is 0 Å². The predicted molar refractivity (Wildman–Crippen MR) is 49.2 cm³/mol. The molecule has 2 nitrogen and oxygen atoms in total. The second-order valence-corrected chi connectivity index (χ2v) is 3.92. The number of alkyl halides is 3. The Kier molecular flexibility index (Phi) is 4.19. The van der Waals surface area contributed by atoms with Gasteiger partial charge in [0.1, 0.15) is 0 Å². The van der Waals surface area contributed by atoms with Crippen molar-refractivity contribution in [2.75, 3.05) is 26.7 Å². The van der Waals surface area contributed by atoms with Crippen LogP contribution in [0.5, 0.6) is 0 Å². The van der Waals surface area contributed by atoms with E-state index in [9.17, 15) is 13.2 Å². The monoisotopic (exact) mass is 210 g/mol. The third-order valence-electron chi connectivity index (χ3n) is 2.46. The zero-order chi connectivity index (χ0) is 10.6. The summed E-state index contributed by atoms with van der Waals surface area (Å²) in [5.41, 5.74) is 0. The van der Waals surface area contributed by atoms with Crippen LogP contribution in [-0.4, -0.2) is 43.8 Å². The summed E-state index contributed by atoms with van der Waals surface area (Å²) in [5, 5.41) is 3.14. The second-order valence-electron chi connectivity index (χ2n) is 3.92. The summed E-state index contributed by atoms with van der Waals surface area (Å²) >= 11 is 0. The highest BCUT2D eigenvalue weighted by molar-refractivity contribution is 4.78. The van der Waals surface area contributed by atoms with E-state index in [1.807, 2.05) is 7.05 Å². The summed E-state index contributed by atoms with van der Waals surface area (Å²) in [4.78, 5) is 2.18. The molecule has 1 aliphatic heterocycles. The fourth-order valence-electron chi connectivity index (χ4n) is 1.70. The van der Waals surface area contributed by atoms with E-state index in [2.05, 4.69) is 10.2 Å². The van der Waals surface area contributed by atoms with Crippen molar-refractivity contribution >= 4 is 0 Å². The van der Waals surface area contributed by atoms with Crippen molar-refractivity contribution in [3.05, 3.63) is 0 Å². The van der Waals surface area contributed by atoms with Crippen LogP contribution < -0.4 is 5.32 Å². The number of likely N-dealkylation sites (N-methyl/N-ethyl adjacent to an activating group) is 1. The van der Waals surface area contributed by atoms with Crippen LogP contribution in [0.15, 0.2) is 0 Å². The minimum Gasteiger partial charge on any atom is -0.313 e. The molecule has 1 N–H and O–H groups in total. The summed E-state index contributed by atoms with van der Waals surface area (Å²) in [7, 11) is 2.03. The van der Waals surface area contributed by atoms with Crippen molar-refractivity contribution in [2.24, 2.45) is 0 Å². The minimum absolute atomic E-state index is 0.184. The number of nitrogens with zero attached hydrogens (tertiary/aromatic N) is 1. The zero-order valence-corrected chi connectivity index (χ0v) is 8.40. The second kappa shape index (κ2) is 4.98. The van der Waals surface area contributed by atoms with Crippen molar-refractivity contribution in [1.82, 2.24) is 10.2 Å². The zero-order valence-electron chi connectivity index (χ0n) is 8.40. The van der Waals surface area contributed by atoms with E-state index in [0.717, 1.165) is 19.5 Å². The van der Waals surface area contributed by atoms with Gasteiger partial charge in [-0.15, -0.1) is 0 Å². The summed E-state index contributed by atoms with van der Waals surface area (Å²) in [6, 6.07) is 0.383. The van der Waals surface area contributed by atoms with Gasteiger partial charge in [-0.2, -0.15) is 13.2 Å². The SMILES string of the molecule is CN1CCC(NCCCC(F)(F)F)C1. The quantitative estimate of drug-likeness (QED) is 0.709. The molecule has 0 radical (unpaired) electrons. The number of hydrogen-bond acceptors (Lipinski definition) is 2. The lowest BCUT2D eigenvalue weighted by Crippen LogP contribution is -2.32. The minimum atomic E-state index is -4.01. The molecule has 0 amide bonds. The summed E-state index contributed by atoms with van der Waals surface area (Å²) < 4.78 is 35.3. The molecule has 1 atom stereocenters. The van der Waals surface area contributed by atoms with Gasteiger partial charge >= 0.3 is 6.18 Å². The van der Waals surface area contributed by atoms with E-state index in [1.54, 1.807) is 0 Å². The highest BCUT2D eigenvalue weighted by atomic mass is 19.4. The van der Waals surface area contributed by atoms with Gasteiger partial charge in [0.15, 0.2) is 0 Å². The molecule has 0 bridgehead atoms. The predicted octanol–water partition coefficient (Wildman–Crippen LogP) is 1.62. The standard InChI is InChI=1S/C9H17F3N2/c1-14-6-3-8(7-14)13-5-2-4-9(10,11)12/h8,13H,2-7H2,1H3. The molecule has 1 aliphatic rings. The Bertz CT molecular complexity index is 170. The van der Waals surface area contributed by atoms with E-state index in [-0.39, 0.29) is 6.42 Å². The normalized spacial score (nSPS) is 24.4. The van der Waals surface area contributed by atoms with Gasteiger partial charge in [-0.1, -0.05) is 0 Å². The first-order valence-electron chi connectivity index (χ1n) is 4.96. The van der Waals surface area contributed by atoms with Gasteiger partial charge in [0.25, 0.3) is 0 Å². The van der Waals surface area contributed by atoms with Crippen LogP contribution in [0.2, 0.25) is 0 Å². The number of rotatable bonds is 4. The largest absolute Gasteiger partial charge is 0.389 e. The molecule has 1 heterocycles. The van der Waals surface area contributed by atoms with E-state index < -0.39 is 12.6 Å². The van der Waals surface area contributed by atoms with Gasteiger partial charge in [0, 0.05) is 19.0 Å². The maximum atomic E-state index is 11.8. The summed E-state index contributed by atoms with van der Waals surface area (Å²) in [6.45, 7) is 2.46. The fourth-order valence-corrected chi connectivity index (χ4v) is 1.70. The fraction of sp³-hybridized carbons (Fsp3) is 1.00. The molecule has 5 heteroatoms. The first-order valence-corrected chi connectivity index (χ1v) is 4.96. The Morgan fingerprint density at radius 1 is 1.43 bits per heavy atom. The van der Waals surface area contributed by atoms with Crippen LogP contribution in [-0.2, 0) is 0 Å². The summed E-state index contributed by atoms with van der Waals surface area (Å²) in [6.07, 6.45) is -3.46. The molecule has 0 saturated carbocycles. The van der Waals surface area contributed by atoms with E-state index in [4.69, 9.17) is 0 Å². The van der Waals surface area contributed by atoms with Crippen molar-refractivity contribution in [3.8, 4) is 0 Å². The van der Waals surface area contributed by atoms with Gasteiger partial charge in [-0.3, -0.25) is 0 Å². The first kappa shape index (κ1) is 11.8. The lowest BCUT2D eigenvalue weighted by atomic mass is 10.2. The molecule has 0 aromatic heterocycles. The van der Waals surface area contributed by atoms with E-state index in [0.29, 0.717) is 12.6 Å². The summed E-state index contributed by atoms with van der Waals surface area (Å²) in [5.74, 6) is 0. The maximum absolute atomic E-state index is 11.8. The van der Waals surface area contributed by atoms with Crippen LogP contribution >= 0.6 is 0 Å². The van der Waals surface area contributed by atoms with Crippen LogP contribution in [0.1, 0.15) is 19.3 Å². The molecule has 1 fully saturated rings. The van der Waals surface area contributed by atoms with Gasteiger partial charge in [0.2, 0.25) is 0 Å². The first-order chi connectivity index (χ1) is 6.47. The van der Waals surface area contributed by atoms with Gasteiger partial charge in [-0.25, -0.2) is 0 Å². The van der Waals surface area contributed by atoms with Crippen molar-refractivity contribution in [1.29, 1.82) is 0 Å². The number of halogens is 3. The van der Waals surface area contributed by atoms with Crippen molar-refractivity contribution < 1.29 is 13.2 Å². The molecule has 0 aromatic rings. The van der Waals surface area contributed by atoms with Crippen LogP contribution in [0.4, 0.5) is 13.2 Å². The topological polar surface area (TPSA) is 15.3 Å². The highest BCUT2D eigenvalue weighted by Crippen LogP contribution is 2.20. The molecule has 0 aromatic carbocycles. The third-order valence-corrected chi connectivity index (χ3v) is 2.46. The average Bonchev–Trinajstić information content (AvgIpc) is 2.44. The molecule has 1 unspecified atom stereocenters. The lowest BCUT2D eigenvalue weighted by Gasteiger charge is -2.13. The molecular weight excluding hydrogens is 193 g/mol. The molecule has 0 spiro atoms. The van der Waals surface area contributed by atoms with Crippen molar-refractivity contribution in [2.45, 2.75) is 31.5 Å². The molecule has 1 rings (SSSR count). The Morgan fingerprint density at radius 3 is 2.64 bits per heavy atom. The van der Waals surface area contributed by atoms with Gasteiger partial charge < -0.3 is 10.2 Å². The number of likely N-dealkylation sites (tertiary alicyclic amines) is 1. The molecule has 1 saturated heterocycles. The third kappa shape index (κ3) is 4.81. The number of hydrogen-bond donors (Lipinski definition) is 1. The lowest BCUT2D eigenvalue weighted by molar-refractivity contribution is -0.135. The smallest absolute Gasteiger partial charge is 0.313 e. The Hall–Kier alpha value is -0.290. The maximum Gasteiger partial charge on any atom is 0.389 e. The molecular formula is C9H17F3N2. The van der Waals surface area contributed by atoms with E-state index >= 15 is 0 Å².